The molecule has 2 fully saturated rings. The summed E-state index contributed by atoms with van der Waals surface area (Å²) < 4.78 is 5.37. The number of carbonyl (C=O) groups excluding carboxylic acids is 1. The van der Waals surface area contributed by atoms with E-state index >= 15 is 0 Å². The van der Waals surface area contributed by atoms with Crippen molar-refractivity contribution < 1.29 is 9.53 Å². The number of ether oxygens (including phenoxy) is 1. The number of anilines is 1. The zero-order chi connectivity index (χ0) is 17.5. The maximum atomic E-state index is 12.8. The van der Waals surface area contributed by atoms with Crippen LogP contribution in [0.1, 0.15) is 55.8 Å². The van der Waals surface area contributed by atoms with Crippen LogP contribution in [-0.2, 0) is 4.74 Å². The third-order valence-corrected chi connectivity index (χ3v) is 5.97. The first kappa shape index (κ1) is 18.5. The fourth-order valence-corrected chi connectivity index (χ4v) is 4.19. The molecule has 0 atom stereocenters. The van der Waals surface area contributed by atoms with Crippen LogP contribution in [0.2, 0.25) is 0 Å². The number of hydrogen-bond donors (Lipinski definition) is 1. The van der Waals surface area contributed by atoms with Gasteiger partial charge in [-0.2, -0.15) is 0 Å². The van der Waals surface area contributed by atoms with Gasteiger partial charge in [0, 0.05) is 32.3 Å². The van der Waals surface area contributed by atoms with Gasteiger partial charge in [-0.3, -0.25) is 4.79 Å². The number of pyridine rings is 1. The number of carbonyl (C=O) groups is 1. The maximum Gasteiger partial charge on any atom is 0.254 e. The van der Waals surface area contributed by atoms with Crippen molar-refractivity contribution in [1.29, 1.82) is 0 Å². The van der Waals surface area contributed by atoms with Crippen LogP contribution in [0.15, 0.2) is 17.2 Å². The summed E-state index contributed by atoms with van der Waals surface area (Å²) in [6.45, 7) is 5.75. The Balaban J connectivity index is 1.74. The Morgan fingerprint density at radius 2 is 2.04 bits per heavy atom. The van der Waals surface area contributed by atoms with E-state index in [4.69, 9.17) is 9.72 Å². The number of hydrogen-bond acceptors (Lipinski definition) is 5. The molecule has 0 unspecified atom stereocenters. The lowest BCUT2D eigenvalue weighted by Crippen LogP contribution is -2.39. The van der Waals surface area contributed by atoms with Gasteiger partial charge < -0.3 is 15.0 Å². The fraction of sp³-hybridized carbons (Fsp3) is 0.684. The van der Waals surface area contributed by atoms with Gasteiger partial charge in [0.1, 0.15) is 10.8 Å². The van der Waals surface area contributed by atoms with Crippen molar-refractivity contribution in [2.24, 2.45) is 0 Å². The monoisotopic (exact) mass is 363 g/mol. The summed E-state index contributed by atoms with van der Waals surface area (Å²) in [4.78, 5) is 20.0. The molecule has 1 N–H and O–H groups in total. The normalized spacial score (nSPS) is 19.0. The number of piperidine rings is 1. The van der Waals surface area contributed by atoms with Crippen molar-refractivity contribution in [2.75, 3.05) is 37.0 Å². The highest BCUT2D eigenvalue weighted by molar-refractivity contribution is 7.99. The molecule has 138 valence electrons. The van der Waals surface area contributed by atoms with Gasteiger partial charge in [-0.1, -0.05) is 6.92 Å². The molecule has 0 aliphatic carbocycles. The van der Waals surface area contributed by atoms with Gasteiger partial charge in [0.15, 0.2) is 0 Å². The van der Waals surface area contributed by atoms with Gasteiger partial charge in [-0.15, -0.1) is 11.8 Å². The minimum atomic E-state index is 0.00296. The Morgan fingerprint density at radius 1 is 1.28 bits per heavy atom. The number of thioether (sulfide) groups is 1. The van der Waals surface area contributed by atoms with Crippen LogP contribution < -0.4 is 10.2 Å². The highest BCUT2D eigenvalue weighted by atomic mass is 32.2. The second-order valence-electron chi connectivity index (χ2n) is 6.78. The number of nitrogens with one attached hydrogen (secondary N) is 1. The average molecular weight is 364 g/mol. The Kier molecular flexibility index (Phi) is 6.99. The first-order valence-corrected chi connectivity index (χ1v) is 10.5. The van der Waals surface area contributed by atoms with E-state index in [2.05, 4.69) is 17.1 Å². The quantitative estimate of drug-likeness (QED) is 0.784. The number of nitrogens with zero attached hydrogens (tertiary/aromatic N) is 2. The maximum absolute atomic E-state index is 12.8. The molecule has 5 nitrogen and oxygen atoms in total. The molecule has 1 aromatic rings. The molecule has 0 spiro atoms. The zero-order valence-corrected chi connectivity index (χ0v) is 15.9. The van der Waals surface area contributed by atoms with Crippen molar-refractivity contribution in [2.45, 2.75) is 56.5 Å². The van der Waals surface area contributed by atoms with Crippen molar-refractivity contribution >= 4 is 23.5 Å². The lowest BCUT2D eigenvalue weighted by Gasteiger charge is -2.28. The highest BCUT2D eigenvalue weighted by Gasteiger charge is 2.21. The van der Waals surface area contributed by atoms with Crippen LogP contribution in [0.4, 0.5) is 5.82 Å². The first-order valence-electron chi connectivity index (χ1n) is 9.55. The molecule has 0 bridgehead atoms. The Bertz CT molecular complexity index is 570. The van der Waals surface area contributed by atoms with Crippen LogP contribution >= 0.6 is 11.8 Å². The summed E-state index contributed by atoms with van der Waals surface area (Å²) in [6.07, 6.45) is 6.61. The first-order chi connectivity index (χ1) is 12.3. The highest BCUT2D eigenvalue weighted by Crippen LogP contribution is 2.26. The third kappa shape index (κ3) is 5.11. The van der Waals surface area contributed by atoms with E-state index in [-0.39, 0.29) is 11.9 Å². The predicted octanol–water partition coefficient (Wildman–Crippen LogP) is 3.48. The van der Waals surface area contributed by atoms with Crippen molar-refractivity contribution in [3.63, 3.8) is 0 Å². The molecule has 25 heavy (non-hydrogen) atoms. The van der Waals surface area contributed by atoms with Gasteiger partial charge in [0.25, 0.3) is 5.91 Å². The molecule has 6 heteroatoms. The lowest BCUT2D eigenvalue weighted by atomic mass is 10.1. The second kappa shape index (κ2) is 9.43. The summed E-state index contributed by atoms with van der Waals surface area (Å²) in [5.74, 6) is 2.00. The van der Waals surface area contributed by atoms with E-state index < -0.39 is 0 Å². The van der Waals surface area contributed by atoms with Gasteiger partial charge in [-0.25, -0.2) is 4.98 Å². The average Bonchev–Trinajstić information content (AvgIpc) is 2.67. The minimum absolute atomic E-state index is 0.00296. The summed E-state index contributed by atoms with van der Waals surface area (Å²) in [7, 11) is 0. The minimum Gasteiger partial charge on any atom is -0.381 e. The standard InChI is InChI=1S/C19H29N3O2S/c1-2-14-25-19-16(18(23)20-15-8-12-24-13-9-15)6-7-17(21-19)22-10-4-3-5-11-22/h6-7,15H,2-5,8-14H2,1H3,(H,20,23). The van der Waals surface area contributed by atoms with Crippen LogP contribution in [0.25, 0.3) is 0 Å². The Morgan fingerprint density at radius 3 is 2.76 bits per heavy atom. The molecule has 3 rings (SSSR count). The molecule has 3 heterocycles. The van der Waals surface area contributed by atoms with Gasteiger partial charge in [0.05, 0.1) is 5.56 Å². The number of amides is 1. The van der Waals surface area contributed by atoms with Crippen molar-refractivity contribution in [1.82, 2.24) is 10.3 Å². The summed E-state index contributed by atoms with van der Waals surface area (Å²) in [5, 5.41) is 4.03. The SMILES string of the molecule is CCCSc1nc(N2CCCCC2)ccc1C(=O)NC1CCOCC1. The molecule has 1 aromatic heterocycles. The van der Waals surface area contributed by atoms with E-state index in [1.165, 1.54) is 19.3 Å². The van der Waals surface area contributed by atoms with E-state index in [1.807, 2.05) is 12.1 Å². The molecular formula is C19H29N3O2S. The van der Waals surface area contributed by atoms with Crippen molar-refractivity contribution in [3.05, 3.63) is 17.7 Å². The molecule has 0 saturated carbocycles. The zero-order valence-electron chi connectivity index (χ0n) is 15.1. The molecule has 0 radical (unpaired) electrons. The predicted molar refractivity (Wildman–Crippen MR) is 103 cm³/mol. The molecule has 2 aliphatic rings. The fourth-order valence-electron chi connectivity index (χ4n) is 3.32. The van der Waals surface area contributed by atoms with Gasteiger partial charge in [-0.05, 0) is 56.4 Å². The van der Waals surface area contributed by atoms with Gasteiger partial charge >= 0.3 is 0 Å². The van der Waals surface area contributed by atoms with E-state index in [0.29, 0.717) is 5.56 Å². The number of rotatable bonds is 6. The van der Waals surface area contributed by atoms with E-state index in [0.717, 1.165) is 62.2 Å². The van der Waals surface area contributed by atoms with Crippen molar-refractivity contribution in [3.8, 4) is 0 Å². The Labute approximate surface area is 154 Å². The van der Waals surface area contributed by atoms with Crippen LogP contribution in [-0.4, -0.2) is 49.0 Å². The molecule has 0 aromatic carbocycles. The summed E-state index contributed by atoms with van der Waals surface area (Å²) >= 11 is 1.69. The molecule has 2 saturated heterocycles. The van der Waals surface area contributed by atoms with Crippen LogP contribution in [0.3, 0.4) is 0 Å². The van der Waals surface area contributed by atoms with Crippen LogP contribution in [0, 0.1) is 0 Å². The molecule has 1 amide bonds. The summed E-state index contributed by atoms with van der Waals surface area (Å²) in [6, 6.07) is 4.19. The second-order valence-corrected chi connectivity index (χ2v) is 7.86. The van der Waals surface area contributed by atoms with Crippen LogP contribution in [0.5, 0.6) is 0 Å². The van der Waals surface area contributed by atoms with Gasteiger partial charge in [0.2, 0.25) is 0 Å². The topological polar surface area (TPSA) is 54.5 Å². The van der Waals surface area contributed by atoms with E-state index in [1.54, 1.807) is 11.8 Å². The summed E-state index contributed by atoms with van der Waals surface area (Å²) in [5.41, 5.74) is 0.714. The molecular weight excluding hydrogens is 334 g/mol. The lowest BCUT2D eigenvalue weighted by molar-refractivity contribution is 0.0695. The largest absolute Gasteiger partial charge is 0.381 e. The molecule has 2 aliphatic heterocycles. The number of aromatic nitrogens is 1. The Hall–Kier alpha value is -1.27. The third-order valence-electron chi connectivity index (χ3n) is 4.77. The smallest absolute Gasteiger partial charge is 0.254 e. The van der Waals surface area contributed by atoms with E-state index in [9.17, 15) is 4.79 Å².